The Labute approximate surface area is 182 Å². The number of hydrogen-bond acceptors (Lipinski definition) is 4. The summed E-state index contributed by atoms with van der Waals surface area (Å²) in [5.74, 6) is 0.197. The average molecular weight is 431 g/mol. The highest BCUT2D eigenvalue weighted by Gasteiger charge is 2.28. The number of likely N-dealkylation sites (N-methyl/N-ethyl adjacent to an activating group) is 1. The van der Waals surface area contributed by atoms with Gasteiger partial charge in [-0.3, -0.25) is 14.6 Å². The van der Waals surface area contributed by atoms with Crippen molar-refractivity contribution in [3.05, 3.63) is 35.9 Å². The van der Waals surface area contributed by atoms with Crippen molar-refractivity contribution < 1.29 is 4.79 Å². The van der Waals surface area contributed by atoms with E-state index in [0.717, 1.165) is 45.6 Å². The Morgan fingerprint density at radius 2 is 1.75 bits per heavy atom. The first kappa shape index (κ1) is 25.2. The van der Waals surface area contributed by atoms with E-state index in [-0.39, 0.29) is 36.8 Å². The molecule has 0 radical (unpaired) electrons. The van der Waals surface area contributed by atoms with Gasteiger partial charge in [0.05, 0.1) is 6.04 Å². The molecule has 0 spiro atoms. The maximum absolute atomic E-state index is 12.7. The van der Waals surface area contributed by atoms with Crippen molar-refractivity contribution in [2.45, 2.75) is 57.3 Å². The van der Waals surface area contributed by atoms with Crippen LogP contribution in [-0.2, 0) is 11.3 Å². The minimum Gasteiger partial charge on any atom is -0.352 e. The molecule has 2 atom stereocenters. The van der Waals surface area contributed by atoms with Crippen LogP contribution in [0.25, 0.3) is 0 Å². The van der Waals surface area contributed by atoms with E-state index in [9.17, 15) is 4.79 Å². The third kappa shape index (κ3) is 7.20. The topological polar surface area (TPSA) is 47.6 Å². The molecule has 0 bridgehead atoms. The van der Waals surface area contributed by atoms with E-state index in [2.05, 4.69) is 57.7 Å². The molecule has 28 heavy (non-hydrogen) atoms. The predicted octanol–water partition coefficient (Wildman–Crippen LogP) is 2.68. The Bertz CT molecular complexity index is 567. The molecule has 0 aliphatic carbocycles. The van der Waals surface area contributed by atoms with Gasteiger partial charge in [0.1, 0.15) is 0 Å². The van der Waals surface area contributed by atoms with Crippen LogP contribution in [0.1, 0.15) is 38.2 Å². The van der Waals surface area contributed by atoms with Gasteiger partial charge in [0.25, 0.3) is 0 Å². The van der Waals surface area contributed by atoms with Crippen molar-refractivity contribution >= 4 is 30.7 Å². The van der Waals surface area contributed by atoms with E-state index >= 15 is 0 Å². The van der Waals surface area contributed by atoms with Gasteiger partial charge in [-0.2, -0.15) is 0 Å². The highest BCUT2D eigenvalue weighted by atomic mass is 35.5. The highest BCUT2D eigenvalue weighted by molar-refractivity contribution is 5.85. The van der Waals surface area contributed by atoms with E-state index in [1.54, 1.807) is 0 Å². The van der Waals surface area contributed by atoms with Gasteiger partial charge in [-0.15, -0.1) is 24.8 Å². The van der Waals surface area contributed by atoms with Crippen molar-refractivity contribution in [1.29, 1.82) is 0 Å². The molecule has 1 amide bonds. The number of piperidine rings is 2. The second-order valence-electron chi connectivity index (χ2n) is 7.84. The Hall–Kier alpha value is -0.850. The normalized spacial score (nSPS) is 22.6. The van der Waals surface area contributed by atoms with Crippen molar-refractivity contribution in [3.8, 4) is 0 Å². The van der Waals surface area contributed by atoms with Crippen LogP contribution in [0.4, 0.5) is 0 Å². The van der Waals surface area contributed by atoms with Gasteiger partial charge in [-0.1, -0.05) is 30.3 Å². The molecule has 3 rings (SSSR count). The fourth-order valence-corrected chi connectivity index (χ4v) is 4.16. The molecule has 2 saturated heterocycles. The first-order chi connectivity index (χ1) is 12.7. The Morgan fingerprint density at radius 1 is 1.07 bits per heavy atom. The van der Waals surface area contributed by atoms with Crippen LogP contribution in [0.5, 0.6) is 0 Å². The number of benzene rings is 1. The quantitative estimate of drug-likeness (QED) is 0.727. The van der Waals surface area contributed by atoms with Gasteiger partial charge in [-0.05, 0) is 51.8 Å². The monoisotopic (exact) mass is 430 g/mol. The van der Waals surface area contributed by atoms with Crippen molar-refractivity contribution in [3.63, 3.8) is 0 Å². The number of carbonyl (C=O) groups excluding carboxylic acids is 1. The summed E-state index contributed by atoms with van der Waals surface area (Å²) in [5, 5.41) is 6.66. The molecule has 160 valence electrons. The van der Waals surface area contributed by atoms with Crippen LogP contribution >= 0.6 is 24.8 Å². The number of hydrogen-bond donors (Lipinski definition) is 2. The number of nitrogens with one attached hydrogen (secondary N) is 2. The third-order valence-corrected chi connectivity index (χ3v) is 5.97. The molecule has 1 aromatic rings. The smallest absolute Gasteiger partial charge is 0.237 e. The molecule has 2 unspecified atom stereocenters. The lowest BCUT2D eigenvalue weighted by atomic mass is 10.0. The lowest BCUT2D eigenvalue weighted by Crippen LogP contribution is -2.55. The summed E-state index contributed by atoms with van der Waals surface area (Å²) in [6.45, 7) is 7.18. The zero-order chi connectivity index (χ0) is 18.4. The van der Waals surface area contributed by atoms with Crippen molar-refractivity contribution in [1.82, 2.24) is 20.4 Å². The molecular weight excluding hydrogens is 395 g/mol. The minimum atomic E-state index is -0.0338. The van der Waals surface area contributed by atoms with Crippen molar-refractivity contribution in [2.75, 3.05) is 33.2 Å². The number of amides is 1. The second kappa shape index (κ2) is 12.7. The first-order valence-corrected chi connectivity index (χ1v) is 10.1. The van der Waals surface area contributed by atoms with E-state index in [4.69, 9.17) is 0 Å². The predicted molar refractivity (Wildman–Crippen MR) is 120 cm³/mol. The Kier molecular flexibility index (Phi) is 11.4. The summed E-state index contributed by atoms with van der Waals surface area (Å²) in [5.41, 5.74) is 1.37. The summed E-state index contributed by atoms with van der Waals surface area (Å²) in [4.78, 5) is 17.5. The van der Waals surface area contributed by atoms with Gasteiger partial charge in [0, 0.05) is 38.3 Å². The molecule has 0 saturated carbocycles. The van der Waals surface area contributed by atoms with E-state index in [0.29, 0.717) is 12.1 Å². The largest absolute Gasteiger partial charge is 0.352 e. The van der Waals surface area contributed by atoms with Gasteiger partial charge in [0.15, 0.2) is 0 Å². The van der Waals surface area contributed by atoms with E-state index in [1.807, 2.05) is 7.05 Å². The number of rotatable bonds is 6. The summed E-state index contributed by atoms with van der Waals surface area (Å²) in [7, 11) is 2.02. The van der Waals surface area contributed by atoms with Gasteiger partial charge in [0.2, 0.25) is 5.91 Å². The molecule has 1 aromatic carbocycles. The molecular formula is C21H36Cl2N4O. The molecule has 2 N–H and O–H groups in total. The number of carbonyl (C=O) groups is 1. The molecule has 0 aromatic heterocycles. The standard InChI is InChI=1S/C21H34N4O.2ClH/c1-17(25-12-6-9-20(16-25)22-2)21(26)23-19-10-13-24(14-11-19)15-18-7-4-3-5-8-18;;/h3-5,7-8,17,19-20,22H,6,9-16H2,1-2H3,(H,23,26);2*1H. The van der Waals surface area contributed by atoms with Crippen LogP contribution < -0.4 is 10.6 Å². The average Bonchev–Trinajstić information content (AvgIpc) is 2.69. The zero-order valence-corrected chi connectivity index (χ0v) is 18.7. The van der Waals surface area contributed by atoms with Gasteiger partial charge in [-0.25, -0.2) is 0 Å². The molecule has 2 aliphatic heterocycles. The molecule has 5 nitrogen and oxygen atoms in total. The maximum atomic E-state index is 12.7. The van der Waals surface area contributed by atoms with Crippen LogP contribution in [0, 0.1) is 0 Å². The number of nitrogens with zero attached hydrogens (tertiary/aromatic N) is 2. The fraction of sp³-hybridized carbons (Fsp3) is 0.667. The molecule has 7 heteroatoms. The summed E-state index contributed by atoms with van der Waals surface area (Å²) < 4.78 is 0. The summed E-state index contributed by atoms with van der Waals surface area (Å²) in [6.07, 6.45) is 4.47. The summed E-state index contributed by atoms with van der Waals surface area (Å²) in [6, 6.07) is 11.4. The highest BCUT2D eigenvalue weighted by Crippen LogP contribution is 2.16. The second-order valence-corrected chi connectivity index (χ2v) is 7.84. The summed E-state index contributed by atoms with van der Waals surface area (Å²) >= 11 is 0. The molecule has 2 aliphatic rings. The van der Waals surface area contributed by atoms with Crippen LogP contribution in [0.15, 0.2) is 30.3 Å². The zero-order valence-electron chi connectivity index (χ0n) is 17.1. The van der Waals surface area contributed by atoms with Crippen molar-refractivity contribution in [2.24, 2.45) is 0 Å². The molecule has 2 fully saturated rings. The van der Waals surface area contributed by atoms with Crippen LogP contribution in [0.3, 0.4) is 0 Å². The Balaban J connectivity index is 0.00000196. The van der Waals surface area contributed by atoms with Gasteiger partial charge < -0.3 is 10.6 Å². The Morgan fingerprint density at radius 3 is 2.39 bits per heavy atom. The first-order valence-electron chi connectivity index (χ1n) is 10.1. The number of halogens is 2. The fourth-order valence-electron chi connectivity index (χ4n) is 4.16. The number of likely N-dealkylation sites (tertiary alicyclic amines) is 2. The maximum Gasteiger partial charge on any atom is 0.237 e. The van der Waals surface area contributed by atoms with Crippen LogP contribution in [-0.4, -0.2) is 67.1 Å². The van der Waals surface area contributed by atoms with E-state index < -0.39 is 0 Å². The minimum absolute atomic E-state index is 0. The SMILES string of the molecule is CNC1CCCN(C(C)C(=O)NC2CCN(Cc3ccccc3)CC2)C1.Cl.Cl. The lowest BCUT2D eigenvalue weighted by molar-refractivity contribution is -0.127. The lowest BCUT2D eigenvalue weighted by Gasteiger charge is -2.37. The van der Waals surface area contributed by atoms with Gasteiger partial charge >= 0.3 is 0 Å². The third-order valence-electron chi connectivity index (χ3n) is 5.97. The molecule has 2 heterocycles. The van der Waals surface area contributed by atoms with E-state index in [1.165, 1.54) is 18.4 Å². The van der Waals surface area contributed by atoms with Crippen LogP contribution in [0.2, 0.25) is 0 Å².